The maximum absolute atomic E-state index is 6.34. The highest BCUT2D eigenvalue weighted by molar-refractivity contribution is 6.71. The van der Waals surface area contributed by atoms with E-state index in [4.69, 9.17) is 4.43 Å². The van der Waals surface area contributed by atoms with Crippen molar-refractivity contribution in [2.45, 2.75) is 38.6 Å². The molecule has 0 fully saturated rings. The minimum Gasteiger partial charge on any atom is -0.410 e. The largest absolute Gasteiger partial charge is 0.410 e. The molecule has 16 heavy (non-hydrogen) atoms. The first-order chi connectivity index (χ1) is 7.57. The Balaban J connectivity index is 2.23. The van der Waals surface area contributed by atoms with Gasteiger partial charge >= 0.3 is 0 Å². The number of allylic oxidation sites excluding steroid dienone is 1. The van der Waals surface area contributed by atoms with Gasteiger partial charge < -0.3 is 4.43 Å². The monoisotopic (exact) mass is 232 g/mol. The van der Waals surface area contributed by atoms with Crippen molar-refractivity contribution in [3.05, 3.63) is 47.5 Å². The Kier molecular flexibility index (Phi) is 3.31. The Morgan fingerprint density at radius 3 is 2.56 bits per heavy atom. The molecule has 0 saturated heterocycles. The van der Waals surface area contributed by atoms with Crippen molar-refractivity contribution in [1.82, 2.24) is 0 Å². The first-order valence-corrected chi connectivity index (χ1v) is 9.07. The lowest BCUT2D eigenvalue weighted by Gasteiger charge is -2.27. The van der Waals surface area contributed by atoms with E-state index >= 15 is 0 Å². The summed E-state index contributed by atoms with van der Waals surface area (Å²) >= 11 is 0. The fraction of sp³-hybridized carbons (Fsp3) is 0.429. The van der Waals surface area contributed by atoms with Gasteiger partial charge in [-0.2, -0.15) is 0 Å². The fourth-order valence-electron chi connectivity index (χ4n) is 2.40. The van der Waals surface area contributed by atoms with Gasteiger partial charge in [-0.15, -0.1) is 0 Å². The molecule has 0 aliphatic carbocycles. The van der Waals surface area contributed by atoms with E-state index in [9.17, 15) is 0 Å². The van der Waals surface area contributed by atoms with Crippen LogP contribution in [0.4, 0.5) is 0 Å². The zero-order valence-electron chi connectivity index (χ0n) is 10.4. The molecule has 86 valence electrons. The van der Waals surface area contributed by atoms with E-state index in [0.29, 0.717) is 0 Å². The van der Waals surface area contributed by atoms with Gasteiger partial charge in [0.05, 0.1) is 6.10 Å². The predicted octanol–water partition coefficient (Wildman–Crippen LogP) is 4.30. The van der Waals surface area contributed by atoms with Gasteiger partial charge in [0, 0.05) is 0 Å². The van der Waals surface area contributed by atoms with E-state index in [-0.39, 0.29) is 6.10 Å². The van der Waals surface area contributed by atoms with Gasteiger partial charge in [0.25, 0.3) is 0 Å². The molecule has 1 atom stereocenters. The lowest BCUT2D eigenvalue weighted by atomic mass is 10.1. The third-order valence-corrected chi connectivity index (χ3v) is 5.35. The van der Waals surface area contributed by atoms with Crippen molar-refractivity contribution in [2.24, 2.45) is 0 Å². The van der Waals surface area contributed by atoms with Crippen LogP contribution in [0.15, 0.2) is 42.0 Å². The molecule has 0 saturated carbocycles. The van der Waals surface area contributed by atoms with E-state index in [1.165, 1.54) is 11.1 Å². The van der Waals surface area contributed by atoms with Crippen molar-refractivity contribution in [3.8, 4) is 0 Å². The molecular formula is C14H20OSi. The maximum atomic E-state index is 6.34. The van der Waals surface area contributed by atoms with Crippen LogP contribution in [0.2, 0.25) is 19.1 Å². The lowest BCUT2D eigenvalue weighted by molar-refractivity contribution is 0.202. The van der Waals surface area contributed by atoms with E-state index in [0.717, 1.165) is 12.5 Å². The highest BCUT2D eigenvalue weighted by atomic mass is 28.4. The molecule has 1 nitrogen and oxygen atoms in total. The topological polar surface area (TPSA) is 9.23 Å². The third-order valence-electron chi connectivity index (χ3n) is 3.02. The first-order valence-electron chi connectivity index (χ1n) is 5.95. The quantitative estimate of drug-likeness (QED) is 0.518. The molecule has 1 heterocycles. The van der Waals surface area contributed by atoms with Crippen LogP contribution < -0.4 is 0 Å². The van der Waals surface area contributed by atoms with Gasteiger partial charge in [0.15, 0.2) is 8.32 Å². The summed E-state index contributed by atoms with van der Waals surface area (Å²) in [6, 6.07) is 11.7. The molecule has 0 aromatic heterocycles. The van der Waals surface area contributed by atoms with Crippen LogP contribution >= 0.6 is 0 Å². The van der Waals surface area contributed by atoms with Crippen LogP contribution in [-0.2, 0) is 4.43 Å². The summed E-state index contributed by atoms with van der Waals surface area (Å²) in [6.07, 6.45) is 3.63. The minimum absolute atomic E-state index is 0.264. The summed E-state index contributed by atoms with van der Waals surface area (Å²) in [7, 11) is -1.52. The SMILES string of the molecule is CC1=CCC(c2ccccc2)O[Si](C)(C)C1. The van der Waals surface area contributed by atoms with Crippen molar-refractivity contribution < 1.29 is 4.43 Å². The van der Waals surface area contributed by atoms with Gasteiger partial charge in [-0.05, 0) is 38.0 Å². The molecule has 2 rings (SSSR count). The molecule has 2 heteroatoms. The summed E-state index contributed by atoms with van der Waals surface area (Å²) in [6.45, 7) is 6.85. The van der Waals surface area contributed by atoms with Gasteiger partial charge in [0.2, 0.25) is 0 Å². The summed E-state index contributed by atoms with van der Waals surface area (Å²) in [5.74, 6) is 0. The maximum Gasteiger partial charge on any atom is 0.191 e. The predicted molar refractivity (Wildman–Crippen MR) is 70.9 cm³/mol. The Labute approximate surface area is 99.3 Å². The Morgan fingerprint density at radius 2 is 1.88 bits per heavy atom. The molecule has 1 aromatic carbocycles. The average molecular weight is 232 g/mol. The normalized spacial score (nSPS) is 24.7. The molecule has 0 bridgehead atoms. The summed E-state index contributed by atoms with van der Waals surface area (Å²) < 4.78 is 6.34. The second-order valence-corrected chi connectivity index (χ2v) is 9.35. The van der Waals surface area contributed by atoms with Crippen LogP contribution in [0.1, 0.15) is 25.0 Å². The second kappa shape index (κ2) is 4.56. The molecule has 0 amide bonds. The van der Waals surface area contributed by atoms with E-state index in [1.807, 2.05) is 0 Å². The Bertz CT molecular complexity index is 381. The highest BCUT2D eigenvalue weighted by Gasteiger charge is 2.29. The van der Waals surface area contributed by atoms with Crippen molar-refractivity contribution >= 4 is 8.32 Å². The second-order valence-electron chi connectivity index (χ2n) is 5.24. The van der Waals surface area contributed by atoms with Gasteiger partial charge in [-0.25, -0.2) is 0 Å². The summed E-state index contributed by atoms with van der Waals surface area (Å²) in [5, 5.41) is 0. The molecule has 1 aliphatic heterocycles. The van der Waals surface area contributed by atoms with E-state index in [1.54, 1.807) is 0 Å². The van der Waals surface area contributed by atoms with Crippen molar-refractivity contribution in [1.29, 1.82) is 0 Å². The molecule has 0 radical (unpaired) electrons. The lowest BCUT2D eigenvalue weighted by Crippen LogP contribution is -2.31. The van der Waals surface area contributed by atoms with Crippen LogP contribution in [0, 0.1) is 0 Å². The standard InChI is InChI=1S/C14H20OSi/c1-12-9-10-14(15-16(2,3)11-12)13-7-5-4-6-8-13/h4-9,14H,10-11H2,1-3H3. The zero-order valence-corrected chi connectivity index (χ0v) is 11.4. The van der Waals surface area contributed by atoms with Gasteiger partial charge in [-0.1, -0.05) is 42.0 Å². The zero-order chi connectivity index (χ0) is 11.6. The van der Waals surface area contributed by atoms with Crippen molar-refractivity contribution in [2.75, 3.05) is 0 Å². The molecule has 1 aromatic rings. The highest BCUT2D eigenvalue weighted by Crippen LogP contribution is 2.33. The van der Waals surface area contributed by atoms with Gasteiger partial charge in [0.1, 0.15) is 0 Å². The molecule has 1 unspecified atom stereocenters. The van der Waals surface area contributed by atoms with E-state index < -0.39 is 8.32 Å². The fourth-order valence-corrected chi connectivity index (χ4v) is 4.97. The number of benzene rings is 1. The first kappa shape index (κ1) is 11.6. The van der Waals surface area contributed by atoms with Crippen LogP contribution in [0.25, 0.3) is 0 Å². The van der Waals surface area contributed by atoms with Crippen LogP contribution in [0.3, 0.4) is 0 Å². The third kappa shape index (κ3) is 2.83. The molecular weight excluding hydrogens is 212 g/mol. The van der Waals surface area contributed by atoms with Crippen LogP contribution in [-0.4, -0.2) is 8.32 Å². The number of hydrogen-bond donors (Lipinski definition) is 0. The Morgan fingerprint density at radius 1 is 1.19 bits per heavy atom. The number of rotatable bonds is 1. The molecule has 0 N–H and O–H groups in total. The molecule has 1 aliphatic rings. The van der Waals surface area contributed by atoms with Crippen molar-refractivity contribution in [3.63, 3.8) is 0 Å². The summed E-state index contributed by atoms with van der Waals surface area (Å²) in [4.78, 5) is 0. The Hall–Kier alpha value is -0.863. The van der Waals surface area contributed by atoms with E-state index in [2.05, 4.69) is 56.4 Å². The average Bonchev–Trinajstić information content (AvgIpc) is 2.37. The minimum atomic E-state index is -1.52. The van der Waals surface area contributed by atoms with Gasteiger partial charge in [-0.3, -0.25) is 0 Å². The van der Waals surface area contributed by atoms with Crippen LogP contribution in [0.5, 0.6) is 0 Å². The summed E-state index contributed by atoms with van der Waals surface area (Å²) in [5.41, 5.74) is 2.81. The smallest absolute Gasteiger partial charge is 0.191 e. The molecule has 0 spiro atoms. The number of hydrogen-bond acceptors (Lipinski definition) is 1.